The van der Waals surface area contributed by atoms with Gasteiger partial charge >= 0.3 is 0 Å². The van der Waals surface area contributed by atoms with Gasteiger partial charge in [-0.15, -0.1) is 0 Å². The summed E-state index contributed by atoms with van der Waals surface area (Å²) in [5, 5.41) is 0. The van der Waals surface area contributed by atoms with Gasteiger partial charge in [-0.05, 0) is 49.9 Å². The van der Waals surface area contributed by atoms with Gasteiger partial charge in [0.05, 0.1) is 12.3 Å². The topological polar surface area (TPSA) is 51.4 Å². The molecule has 2 N–H and O–H groups in total. The number of ether oxygens (including phenoxy) is 1. The van der Waals surface area contributed by atoms with Crippen molar-refractivity contribution in [3.63, 3.8) is 0 Å². The fourth-order valence-electron chi connectivity index (χ4n) is 2.27. The van der Waals surface area contributed by atoms with Crippen LogP contribution in [-0.2, 0) is 0 Å². The quantitative estimate of drug-likeness (QED) is 0.880. The first-order valence-electron chi connectivity index (χ1n) is 7.50. The molecule has 3 rings (SSSR count). The molecule has 4 nitrogen and oxygen atoms in total. The Morgan fingerprint density at radius 3 is 2.62 bits per heavy atom. The molecule has 1 heterocycles. The van der Waals surface area contributed by atoms with Gasteiger partial charge in [0.1, 0.15) is 5.82 Å². The van der Waals surface area contributed by atoms with Crippen LogP contribution in [0.25, 0.3) is 0 Å². The smallest absolute Gasteiger partial charge is 0.239 e. The highest BCUT2D eigenvalue weighted by Crippen LogP contribution is 2.32. The maximum Gasteiger partial charge on any atom is 0.239 e. The van der Waals surface area contributed by atoms with Crippen molar-refractivity contribution in [3.8, 4) is 5.88 Å². The first-order chi connectivity index (χ1) is 10.3. The van der Waals surface area contributed by atoms with Gasteiger partial charge in [0.2, 0.25) is 5.88 Å². The number of benzene rings is 1. The van der Waals surface area contributed by atoms with Crippen LogP contribution in [-0.4, -0.2) is 18.1 Å². The largest absolute Gasteiger partial charge is 0.476 e. The predicted molar refractivity (Wildman–Crippen MR) is 86.0 cm³/mol. The van der Waals surface area contributed by atoms with Crippen LogP contribution in [0.5, 0.6) is 5.88 Å². The summed E-state index contributed by atoms with van der Waals surface area (Å²) in [5.74, 6) is 2.10. The highest BCUT2D eigenvalue weighted by Gasteiger charge is 2.23. The van der Waals surface area contributed by atoms with Gasteiger partial charge < -0.3 is 15.4 Å². The van der Waals surface area contributed by atoms with E-state index in [9.17, 15) is 0 Å². The number of para-hydroxylation sites is 1. The minimum absolute atomic E-state index is 0.550. The van der Waals surface area contributed by atoms with Crippen molar-refractivity contribution < 1.29 is 4.74 Å². The summed E-state index contributed by atoms with van der Waals surface area (Å²) in [6, 6.07) is 14.0. The van der Waals surface area contributed by atoms with Crippen LogP contribution in [0.1, 0.15) is 19.8 Å². The molecule has 1 saturated carbocycles. The van der Waals surface area contributed by atoms with E-state index >= 15 is 0 Å². The van der Waals surface area contributed by atoms with Gasteiger partial charge in [0, 0.05) is 12.2 Å². The molecule has 0 atom stereocenters. The lowest BCUT2D eigenvalue weighted by atomic mass is 10.2. The standard InChI is InChI=1S/C17H21N3O/c1-2-20(14-6-4-3-5-7-14)16-11-10-15(18)17(19-16)21-12-13-8-9-13/h3-7,10-11,13H,2,8-9,12,18H2,1H3. The molecule has 4 heteroatoms. The molecule has 1 aliphatic carbocycles. The number of aromatic nitrogens is 1. The van der Waals surface area contributed by atoms with Crippen molar-refractivity contribution in [3.05, 3.63) is 42.5 Å². The Morgan fingerprint density at radius 1 is 1.19 bits per heavy atom. The second kappa shape index (κ2) is 6.04. The number of rotatable bonds is 6. The molecule has 0 unspecified atom stereocenters. The van der Waals surface area contributed by atoms with E-state index in [2.05, 4.69) is 28.9 Å². The fraction of sp³-hybridized carbons (Fsp3) is 0.353. The normalized spacial score (nSPS) is 14.0. The van der Waals surface area contributed by atoms with E-state index in [1.54, 1.807) is 0 Å². The van der Waals surface area contributed by atoms with Gasteiger partial charge in [0.15, 0.2) is 0 Å². The third-order valence-electron chi connectivity index (χ3n) is 3.69. The lowest BCUT2D eigenvalue weighted by molar-refractivity contribution is 0.290. The molecule has 0 saturated heterocycles. The summed E-state index contributed by atoms with van der Waals surface area (Å²) in [4.78, 5) is 6.74. The molecule has 1 fully saturated rings. The first kappa shape index (κ1) is 13.7. The molecule has 110 valence electrons. The second-order valence-corrected chi connectivity index (χ2v) is 5.40. The number of hydrogen-bond donors (Lipinski definition) is 1. The predicted octanol–water partition coefficient (Wildman–Crippen LogP) is 3.61. The van der Waals surface area contributed by atoms with E-state index in [-0.39, 0.29) is 0 Å². The second-order valence-electron chi connectivity index (χ2n) is 5.40. The monoisotopic (exact) mass is 283 g/mol. The summed E-state index contributed by atoms with van der Waals surface area (Å²) in [5.41, 5.74) is 7.69. The van der Waals surface area contributed by atoms with E-state index in [1.807, 2.05) is 30.3 Å². The van der Waals surface area contributed by atoms with E-state index < -0.39 is 0 Å². The maximum atomic E-state index is 5.97. The highest BCUT2D eigenvalue weighted by atomic mass is 16.5. The van der Waals surface area contributed by atoms with Crippen LogP contribution >= 0.6 is 0 Å². The molecule has 0 spiro atoms. The third-order valence-corrected chi connectivity index (χ3v) is 3.69. The van der Waals surface area contributed by atoms with E-state index in [0.717, 1.165) is 24.7 Å². The molecule has 0 aliphatic heterocycles. The minimum atomic E-state index is 0.550. The van der Waals surface area contributed by atoms with Crippen LogP contribution in [0.4, 0.5) is 17.2 Å². The number of nitrogens with two attached hydrogens (primary N) is 1. The fourth-order valence-corrected chi connectivity index (χ4v) is 2.27. The zero-order valence-electron chi connectivity index (χ0n) is 12.3. The zero-order valence-corrected chi connectivity index (χ0v) is 12.3. The Labute approximate surface area is 125 Å². The number of anilines is 3. The summed E-state index contributed by atoms with van der Waals surface area (Å²) < 4.78 is 5.77. The molecule has 21 heavy (non-hydrogen) atoms. The van der Waals surface area contributed by atoms with Gasteiger partial charge in [-0.25, -0.2) is 0 Å². The lowest BCUT2D eigenvalue weighted by Gasteiger charge is -2.23. The van der Waals surface area contributed by atoms with Crippen LogP contribution in [0, 0.1) is 5.92 Å². The van der Waals surface area contributed by atoms with Crippen LogP contribution in [0.2, 0.25) is 0 Å². The molecule has 0 amide bonds. The number of hydrogen-bond acceptors (Lipinski definition) is 4. The van der Waals surface area contributed by atoms with E-state index in [1.165, 1.54) is 12.8 Å². The maximum absolute atomic E-state index is 5.97. The van der Waals surface area contributed by atoms with Crippen molar-refractivity contribution in [1.29, 1.82) is 0 Å². The van der Waals surface area contributed by atoms with Gasteiger partial charge in [-0.1, -0.05) is 18.2 Å². The van der Waals surface area contributed by atoms with Crippen LogP contribution < -0.4 is 15.4 Å². The molecule has 0 radical (unpaired) electrons. The Balaban J connectivity index is 1.84. The zero-order chi connectivity index (χ0) is 14.7. The Hall–Kier alpha value is -2.23. The van der Waals surface area contributed by atoms with E-state index in [4.69, 9.17) is 10.5 Å². The van der Waals surface area contributed by atoms with Crippen LogP contribution in [0.15, 0.2) is 42.5 Å². The SMILES string of the molecule is CCN(c1ccccc1)c1ccc(N)c(OCC2CC2)n1. The van der Waals surface area contributed by atoms with Crippen molar-refractivity contribution in [2.24, 2.45) is 5.92 Å². The highest BCUT2D eigenvalue weighted by molar-refractivity contribution is 5.63. The van der Waals surface area contributed by atoms with Crippen molar-refractivity contribution in [2.75, 3.05) is 23.8 Å². The lowest BCUT2D eigenvalue weighted by Crippen LogP contribution is -2.18. The molecule has 1 aromatic carbocycles. The van der Waals surface area contributed by atoms with E-state index in [0.29, 0.717) is 17.5 Å². The molecular weight excluding hydrogens is 262 g/mol. The number of nitrogen functional groups attached to an aromatic ring is 1. The minimum Gasteiger partial charge on any atom is -0.476 e. The summed E-state index contributed by atoms with van der Waals surface area (Å²) in [7, 11) is 0. The van der Waals surface area contributed by atoms with Crippen molar-refractivity contribution >= 4 is 17.2 Å². The molecule has 1 aliphatic rings. The first-order valence-corrected chi connectivity index (χ1v) is 7.50. The Morgan fingerprint density at radius 2 is 1.95 bits per heavy atom. The van der Waals surface area contributed by atoms with Crippen LogP contribution in [0.3, 0.4) is 0 Å². The Bertz CT molecular complexity index is 596. The van der Waals surface area contributed by atoms with Gasteiger partial charge in [0.25, 0.3) is 0 Å². The van der Waals surface area contributed by atoms with Crippen molar-refractivity contribution in [2.45, 2.75) is 19.8 Å². The average Bonchev–Trinajstić information content (AvgIpc) is 3.33. The van der Waals surface area contributed by atoms with Crippen molar-refractivity contribution in [1.82, 2.24) is 4.98 Å². The Kier molecular flexibility index (Phi) is 3.95. The number of pyridine rings is 1. The average molecular weight is 283 g/mol. The summed E-state index contributed by atoms with van der Waals surface area (Å²) >= 11 is 0. The summed E-state index contributed by atoms with van der Waals surface area (Å²) in [6.45, 7) is 3.66. The van der Waals surface area contributed by atoms with Gasteiger partial charge in [-0.2, -0.15) is 4.98 Å². The molecule has 1 aromatic heterocycles. The molecule has 0 bridgehead atoms. The molecular formula is C17H21N3O. The summed E-state index contributed by atoms with van der Waals surface area (Å²) in [6.07, 6.45) is 2.51. The third kappa shape index (κ3) is 3.27. The number of nitrogens with zero attached hydrogens (tertiary/aromatic N) is 2. The molecule has 2 aromatic rings. The van der Waals surface area contributed by atoms with Gasteiger partial charge in [-0.3, -0.25) is 0 Å².